The second-order valence-corrected chi connectivity index (χ2v) is 5.46. The molecule has 1 unspecified atom stereocenters. The zero-order chi connectivity index (χ0) is 13.8. The first-order valence-electron chi connectivity index (χ1n) is 6.48. The standard InChI is InChI=1S/C12H20N4O2S/c1-8(12(17)16-6-4-3-5-7-16)14-11-9(18-2)10(13)15-19-11/h8,14H,3-7H2,1-2H3,(H2,13,15). The maximum Gasteiger partial charge on any atom is 0.244 e. The number of hydrogen-bond acceptors (Lipinski definition) is 6. The predicted octanol–water partition coefficient (Wildman–Crippen LogP) is 1.55. The average Bonchev–Trinajstić information content (AvgIpc) is 2.79. The van der Waals surface area contributed by atoms with E-state index in [2.05, 4.69) is 9.69 Å². The number of nitrogens with two attached hydrogens (primary N) is 1. The minimum absolute atomic E-state index is 0.119. The van der Waals surface area contributed by atoms with E-state index in [-0.39, 0.29) is 11.9 Å². The van der Waals surface area contributed by atoms with Crippen molar-refractivity contribution in [2.24, 2.45) is 0 Å². The number of rotatable bonds is 4. The number of methoxy groups -OCH3 is 1. The van der Waals surface area contributed by atoms with Crippen molar-refractivity contribution in [1.29, 1.82) is 0 Å². The fourth-order valence-corrected chi connectivity index (χ4v) is 3.00. The normalized spacial score (nSPS) is 17.1. The molecule has 2 heterocycles. The Labute approximate surface area is 117 Å². The molecule has 1 amide bonds. The molecule has 19 heavy (non-hydrogen) atoms. The first-order chi connectivity index (χ1) is 9.13. The molecule has 1 aromatic heterocycles. The number of piperidine rings is 1. The molecule has 1 aromatic rings. The van der Waals surface area contributed by atoms with Gasteiger partial charge in [0.25, 0.3) is 0 Å². The molecule has 0 bridgehead atoms. The largest absolute Gasteiger partial charge is 0.490 e. The Morgan fingerprint density at radius 1 is 1.47 bits per heavy atom. The monoisotopic (exact) mass is 284 g/mol. The van der Waals surface area contributed by atoms with Crippen molar-refractivity contribution in [3.63, 3.8) is 0 Å². The van der Waals surface area contributed by atoms with Crippen LogP contribution in [0.15, 0.2) is 0 Å². The fraction of sp³-hybridized carbons (Fsp3) is 0.667. The number of carbonyl (C=O) groups excluding carboxylic acids is 1. The van der Waals surface area contributed by atoms with Crippen LogP contribution in [-0.4, -0.2) is 41.4 Å². The number of nitrogen functional groups attached to an aromatic ring is 1. The first kappa shape index (κ1) is 13.9. The third kappa shape index (κ3) is 3.09. The molecule has 1 atom stereocenters. The molecular weight excluding hydrogens is 264 g/mol. The van der Waals surface area contributed by atoms with Crippen LogP contribution >= 0.6 is 11.5 Å². The van der Waals surface area contributed by atoms with Crippen LogP contribution in [0.2, 0.25) is 0 Å². The van der Waals surface area contributed by atoms with E-state index in [0.717, 1.165) is 25.9 Å². The molecular formula is C12H20N4O2S. The molecule has 1 fully saturated rings. The highest BCUT2D eigenvalue weighted by Gasteiger charge is 2.24. The predicted molar refractivity (Wildman–Crippen MR) is 76.6 cm³/mol. The minimum atomic E-state index is -0.299. The number of anilines is 2. The Morgan fingerprint density at radius 2 is 2.16 bits per heavy atom. The van der Waals surface area contributed by atoms with Crippen LogP contribution in [0.4, 0.5) is 10.8 Å². The molecule has 6 nitrogen and oxygen atoms in total. The quantitative estimate of drug-likeness (QED) is 0.876. The van der Waals surface area contributed by atoms with Gasteiger partial charge in [-0.3, -0.25) is 4.79 Å². The zero-order valence-corrected chi connectivity index (χ0v) is 12.1. The minimum Gasteiger partial charge on any atom is -0.490 e. The Bertz CT molecular complexity index is 443. The molecule has 0 aliphatic carbocycles. The number of nitrogens with one attached hydrogen (secondary N) is 1. The molecule has 0 spiro atoms. The van der Waals surface area contributed by atoms with Gasteiger partial charge in [-0.2, -0.15) is 4.37 Å². The van der Waals surface area contributed by atoms with Crippen LogP contribution in [0.5, 0.6) is 5.75 Å². The van der Waals surface area contributed by atoms with Gasteiger partial charge in [0, 0.05) is 13.1 Å². The summed E-state index contributed by atoms with van der Waals surface area (Å²) in [6.45, 7) is 3.56. The maximum atomic E-state index is 12.3. The zero-order valence-electron chi connectivity index (χ0n) is 11.3. The summed E-state index contributed by atoms with van der Waals surface area (Å²) in [4.78, 5) is 14.2. The fourth-order valence-electron chi connectivity index (χ4n) is 2.23. The van der Waals surface area contributed by atoms with Crippen molar-refractivity contribution >= 4 is 28.3 Å². The highest BCUT2D eigenvalue weighted by molar-refractivity contribution is 7.11. The van der Waals surface area contributed by atoms with Gasteiger partial charge in [0.2, 0.25) is 5.91 Å². The van der Waals surface area contributed by atoms with Crippen molar-refractivity contribution in [3.8, 4) is 5.75 Å². The van der Waals surface area contributed by atoms with Crippen LogP contribution in [0.1, 0.15) is 26.2 Å². The molecule has 1 saturated heterocycles. The third-order valence-electron chi connectivity index (χ3n) is 3.26. The first-order valence-corrected chi connectivity index (χ1v) is 7.25. The molecule has 0 saturated carbocycles. The second kappa shape index (κ2) is 6.10. The van der Waals surface area contributed by atoms with E-state index in [9.17, 15) is 4.79 Å². The van der Waals surface area contributed by atoms with Gasteiger partial charge in [0.1, 0.15) is 6.04 Å². The molecule has 2 rings (SSSR count). The van der Waals surface area contributed by atoms with Crippen LogP contribution in [0.25, 0.3) is 0 Å². The highest BCUT2D eigenvalue weighted by atomic mass is 32.1. The summed E-state index contributed by atoms with van der Waals surface area (Å²) < 4.78 is 9.20. The number of carbonyl (C=O) groups is 1. The Morgan fingerprint density at radius 3 is 2.79 bits per heavy atom. The van der Waals surface area contributed by atoms with Gasteiger partial charge in [-0.05, 0) is 37.7 Å². The Kier molecular flexibility index (Phi) is 4.47. The van der Waals surface area contributed by atoms with Gasteiger partial charge in [-0.15, -0.1) is 0 Å². The molecule has 1 aliphatic rings. The van der Waals surface area contributed by atoms with Crippen LogP contribution in [0.3, 0.4) is 0 Å². The van der Waals surface area contributed by atoms with Gasteiger partial charge in [-0.25, -0.2) is 0 Å². The smallest absolute Gasteiger partial charge is 0.244 e. The van der Waals surface area contributed by atoms with Gasteiger partial charge >= 0.3 is 0 Å². The number of nitrogens with zero attached hydrogens (tertiary/aromatic N) is 2. The number of ether oxygens (including phenoxy) is 1. The van der Waals surface area contributed by atoms with Crippen molar-refractivity contribution in [1.82, 2.24) is 9.27 Å². The number of amides is 1. The molecule has 1 aliphatic heterocycles. The summed E-state index contributed by atoms with van der Waals surface area (Å²) in [6.07, 6.45) is 3.40. The molecule has 7 heteroatoms. The summed E-state index contributed by atoms with van der Waals surface area (Å²) in [5, 5.41) is 3.85. The lowest BCUT2D eigenvalue weighted by Gasteiger charge is -2.29. The van der Waals surface area contributed by atoms with Gasteiger partial charge in [0.05, 0.1) is 7.11 Å². The van der Waals surface area contributed by atoms with E-state index in [1.165, 1.54) is 18.0 Å². The summed E-state index contributed by atoms with van der Waals surface area (Å²) in [7, 11) is 1.54. The maximum absolute atomic E-state index is 12.3. The van der Waals surface area contributed by atoms with E-state index in [4.69, 9.17) is 10.5 Å². The average molecular weight is 284 g/mol. The van der Waals surface area contributed by atoms with E-state index < -0.39 is 0 Å². The lowest BCUT2D eigenvalue weighted by molar-refractivity contribution is -0.132. The lowest BCUT2D eigenvalue weighted by atomic mass is 10.1. The summed E-state index contributed by atoms with van der Waals surface area (Å²) in [6, 6.07) is -0.299. The SMILES string of the molecule is COc1c(N)nsc1NC(C)C(=O)N1CCCCC1. The summed E-state index contributed by atoms with van der Waals surface area (Å²) in [5.41, 5.74) is 5.69. The molecule has 106 valence electrons. The Balaban J connectivity index is 1.99. The molecule has 3 N–H and O–H groups in total. The molecule has 0 aromatic carbocycles. The summed E-state index contributed by atoms with van der Waals surface area (Å²) >= 11 is 1.21. The third-order valence-corrected chi connectivity index (χ3v) is 4.04. The number of aromatic nitrogens is 1. The van der Waals surface area contributed by atoms with Crippen LogP contribution in [-0.2, 0) is 4.79 Å². The van der Waals surface area contributed by atoms with Gasteiger partial charge in [0.15, 0.2) is 16.6 Å². The number of likely N-dealkylation sites (tertiary alicyclic amines) is 1. The van der Waals surface area contributed by atoms with E-state index in [1.807, 2.05) is 11.8 Å². The van der Waals surface area contributed by atoms with Crippen LogP contribution in [0, 0.1) is 0 Å². The van der Waals surface area contributed by atoms with Gasteiger partial charge in [-0.1, -0.05) is 0 Å². The highest BCUT2D eigenvalue weighted by Crippen LogP contribution is 2.35. The topological polar surface area (TPSA) is 80.5 Å². The second-order valence-electron chi connectivity index (χ2n) is 4.68. The van der Waals surface area contributed by atoms with E-state index in [0.29, 0.717) is 16.6 Å². The summed E-state index contributed by atoms with van der Waals surface area (Å²) in [5.74, 6) is 0.990. The molecule has 0 radical (unpaired) electrons. The van der Waals surface area contributed by atoms with Crippen LogP contribution < -0.4 is 15.8 Å². The van der Waals surface area contributed by atoms with Crippen molar-refractivity contribution < 1.29 is 9.53 Å². The Hall–Kier alpha value is -1.50. The van der Waals surface area contributed by atoms with E-state index >= 15 is 0 Å². The van der Waals surface area contributed by atoms with Crippen molar-refractivity contribution in [2.75, 3.05) is 31.2 Å². The van der Waals surface area contributed by atoms with Crippen molar-refractivity contribution in [2.45, 2.75) is 32.2 Å². The van der Waals surface area contributed by atoms with Crippen molar-refractivity contribution in [3.05, 3.63) is 0 Å². The lowest BCUT2D eigenvalue weighted by Crippen LogP contribution is -2.43. The number of hydrogen-bond donors (Lipinski definition) is 2. The van der Waals surface area contributed by atoms with Gasteiger partial charge < -0.3 is 20.7 Å². The van der Waals surface area contributed by atoms with E-state index in [1.54, 1.807) is 7.11 Å².